The molecule has 0 aliphatic carbocycles. The second-order valence-corrected chi connectivity index (χ2v) is 14.4. The lowest BCUT2D eigenvalue weighted by molar-refractivity contribution is 0.0827. The molecule has 7 heteroatoms. The molecule has 49 heavy (non-hydrogen) atoms. The molecule has 3 unspecified atom stereocenters. The summed E-state index contributed by atoms with van der Waals surface area (Å²) in [5, 5.41) is 23.9. The number of para-hydroxylation sites is 1. The molecule has 3 atom stereocenters. The van der Waals surface area contributed by atoms with Crippen molar-refractivity contribution < 1.29 is 24.5 Å². The molecule has 0 saturated carbocycles. The van der Waals surface area contributed by atoms with E-state index >= 15 is 0 Å². The molecule has 260 valence electrons. The number of carbonyl (C=O) groups is 2. The second-order valence-electron chi connectivity index (χ2n) is 14.4. The first kappa shape index (κ1) is 37.6. The van der Waals surface area contributed by atoms with E-state index in [0.29, 0.717) is 50.0 Å². The normalized spacial score (nSPS) is 13.8. The average Bonchev–Trinajstić information content (AvgIpc) is 3.09. The van der Waals surface area contributed by atoms with Gasteiger partial charge in [-0.2, -0.15) is 0 Å². The van der Waals surface area contributed by atoms with Crippen molar-refractivity contribution in [1.29, 1.82) is 0 Å². The number of aliphatic hydroxyl groups is 2. The lowest BCUT2D eigenvalue weighted by atomic mass is 9.69. The summed E-state index contributed by atoms with van der Waals surface area (Å²) in [4.78, 5) is 32.4. The van der Waals surface area contributed by atoms with Crippen LogP contribution in [0.5, 0.6) is 5.75 Å². The van der Waals surface area contributed by atoms with E-state index in [1.54, 1.807) is 12.4 Å². The molecule has 0 aliphatic heterocycles. The van der Waals surface area contributed by atoms with E-state index in [-0.39, 0.29) is 23.6 Å². The van der Waals surface area contributed by atoms with E-state index in [4.69, 9.17) is 4.74 Å². The molecule has 0 bridgehead atoms. The summed E-state index contributed by atoms with van der Waals surface area (Å²) in [5.74, 6) is 0.351. The van der Waals surface area contributed by atoms with Gasteiger partial charge in [0.1, 0.15) is 5.75 Å². The molecular formula is C42H52N2O5. The van der Waals surface area contributed by atoms with Gasteiger partial charge in [0.2, 0.25) is 0 Å². The largest absolute Gasteiger partial charge is 0.494 e. The maximum atomic E-state index is 14.5. The van der Waals surface area contributed by atoms with Crippen LogP contribution in [-0.4, -0.2) is 58.7 Å². The standard InChI is InChI=1S/C42H52N2O5/c1-41(2,3)40(44-26-27-45)39(48)35-17-11-9-13-30(35)19-20-33(46)29-31-14-10-12-18-36(31)38(47)37(23-28-49-34-15-7-6-8-16-34)42(4,5)32-21-24-43-25-22-32/h6-18,21-22,24-25,33,37,40,44-46H,19-20,23,26-29H2,1-5H3. The summed E-state index contributed by atoms with van der Waals surface area (Å²) in [7, 11) is 0. The van der Waals surface area contributed by atoms with Gasteiger partial charge in [-0.3, -0.25) is 14.6 Å². The van der Waals surface area contributed by atoms with Crippen LogP contribution in [0.15, 0.2) is 103 Å². The highest BCUT2D eigenvalue weighted by Gasteiger charge is 2.38. The molecule has 4 rings (SSSR count). The summed E-state index contributed by atoms with van der Waals surface area (Å²) in [5.41, 5.74) is 3.04. The molecule has 0 saturated heterocycles. The lowest BCUT2D eigenvalue weighted by Crippen LogP contribution is -2.47. The van der Waals surface area contributed by atoms with Gasteiger partial charge in [-0.25, -0.2) is 0 Å². The molecule has 1 aromatic heterocycles. The van der Waals surface area contributed by atoms with E-state index < -0.39 is 23.5 Å². The Labute approximate surface area is 291 Å². The highest BCUT2D eigenvalue weighted by atomic mass is 16.5. The van der Waals surface area contributed by atoms with Crippen LogP contribution in [0.2, 0.25) is 0 Å². The fourth-order valence-electron chi connectivity index (χ4n) is 6.55. The van der Waals surface area contributed by atoms with Crippen molar-refractivity contribution >= 4 is 11.6 Å². The Hall–Kier alpha value is -4.17. The molecule has 7 nitrogen and oxygen atoms in total. The van der Waals surface area contributed by atoms with Gasteiger partial charge >= 0.3 is 0 Å². The van der Waals surface area contributed by atoms with Crippen molar-refractivity contribution in [3.8, 4) is 5.75 Å². The maximum Gasteiger partial charge on any atom is 0.180 e. The zero-order chi connectivity index (χ0) is 35.4. The number of nitrogens with zero attached hydrogens (tertiary/aromatic N) is 1. The van der Waals surface area contributed by atoms with Gasteiger partial charge in [-0.1, -0.05) is 101 Å². The number of hydrogen-bond donors (Lipinski definition) is 3. The van der Waals surface area contributed by atoms with Gasteiger partial charge in [-0.15, -0.1) is 0 Å². The van der Waals surface area contributed by atoms with E-state index in [2.05, 4.69) is 24.1 Å². The molecule has 0 aliphatic rings. The average molecular weight is 665 g/mol. The molecule has 0 fully saturated rings. The van der Waals surface area contributed by atoms with Crippen molar-refractivity contribution in [3.05, 3.63) is 131 Å². The zero-order valence-electron chi connectivity index (χ0n) is 29.6. The maximum absolute atomic E-state index is 14.5. The Kier molecular flexibility index (Phi) is 13.4. The molecule has 3 aromatic carbocycles. The first-order valence-electron chi connectivity index (χ1n) is 17.3. The summed E-state index contributed by atoms with van der Waals surface area (Å²) < 4.78 is 6.06. The third-order valence-corrected chi connectivity index (χ3v) is 9.39. The second kappa shape index (κ2) is 17.5. The third-order valence-electron chi connectivity index (χ3n) is 9.39. The van der Waals surface area contributed by atoms with Crippen LogP contribution in [0, 0.1) is 11.3 Å². The Morgan fingerprint density at radius 3 is 2.00 bits per heavy atom. The first-order chi connectivity index (χ1) is 23.4. The number of nitrogens with one attached hydrogen (secondary N) is 1. The Balaban J connectivity index is 1.52. The Morgan fingerprint density at radius 2 is 1.37 bits per heavy atom. The van der Waals surface area contributed by atoms with Crippen LogP contribution >= 0.6 is 0 Å². The van der Waals surface area contributed by atoms with Crippen LogP contribution in [0.4, 0.5) is 0 Å². The van der Waals surface area contributed by atoms with E-state index in [1.165, 1.54) is 0 Å². The lowest BCUT2D eigenvalue weighted by Gasteiger charge is -2.34. The fourth-order valence-corrected chi connectivity index (χ4v) is 6.55. The molecular weight excluding hydrogens is 612 g/mol. The van der Waals surface area contributed by atoms with Crippen LogP contribution in [0.25, 0.3) is 0 Å². The van der Waals surface area contributed by atoms with Crippen molar-refractivity contribution in [2.45, 2.75) is 77.9 Å². The number of aliphatic hydroxyl groups excluding tert-OH is 2. The number of ketones is 2. The number of Topliss-reactive ketones (excluding diaryl/α,β-unsaturated/α-hetero) is 2. The SMILES string of the molecule is CC(C)(C)C(NCCO)C(=O)c1ccccc1CCC(O)Cc1ccccc1C(=O)C(CCOc1ccccc1)C(C)(C)c1ccncc1. The Bertz CT molecular complexity index is 1630. The zero-order valence-corrected chi connectivity index (χ0v) is 29.6. The summed E-state index contributed by atoms with van der Waals surface area (Å²) in [6.07, 6.45) is 4.53. The topological polar surface area (TPSA) is 109 Å². The molecule has 0 radical (unpaired) electrons. The van der Waals surface area contributed by atoms with E-state index in [9.17, 15) is 19.8 Å². The van der Waals surface area contributed by atoms with Gasteiger partial charge in [0, 0.05) is 36.0 Å². The fraction of sp³-hybridized carbons (Fsp3) is 0.405. The van der Waals surface area contributed by atoms with Gasteiger partial charge < -0.3 is 20.3 Å². The molecule has 4 aromatic rings. The van der Waals surface area contributed by atoms with Crippen LogP contribution in [0.1, 0.15) is 84.9 Å². The van der Waals surface area contributed by atoms with Crippen molar-refractivity contribution in [3.63, 3.8) is 0 Å². The first-order valence-corrected chi connectivity index (χ1v) is 17.3. The number of aryl methyl sites for hydroxylation is 1. The number of hydrogen-bond acceptors (Lipinski definition) is 7. The van der Waals surface area contributed by atoms with Crippen molar-refractivity contribution in [1.82, 2.24) is 10.3 Å². The number of aromatic nitrogens is 1. The van der Waals surface area contributed by atoms with Crippen molar-refractivity contribution in [2.24, 2.45) is 11.3 Å². The minimum atomic E-state index is -0.726. The third kappa shape index (κ3) is 10.2. The van der Waals surface area contributed by atoms with Crippen LogP contribution < -0.4 is 10.1 Å². The van der Waals surface area contributed by atoms with Crippen LogP contribution in [0.3, 0.4) is 0 Å². The van der Waals surface area contributed by atoms with Gasteiger partial charge in [-0.05, 0) is 77.5 Å². The van der Waals surface area contributed by atoms with E-state index in [1.807, 2.05) is 112 Å². The number of ether oxygens (including phenoxy) is 1. The number of carbonyl (C=O) groups excluding carboxylic acids is 2. The predicted octanol–water partition coefficient (Wildman–Crippen LogP) is 7.04. The number of rotatable bonds is 18. The monoisotopic (exact) mass is 664 g/mol. The van der Waals surface area contributed by atoms with Gasteiger partial charge in [0.15, 0.2) is 11.6 Å². The summed E-state index contributed by atoms with van der Waals surface area (Å²) in [6, 6.07) is 28.2. The number of benzene rings is 3. The van der Waals surface area contributed by atoms with Gasteiger partial charge in [0.05, 0.1) is 25.4 Å². The Morgan fingerprint density at radius 1 is 0.776 bits per heavy atom. The predicted molar refractivity (Wildman–Crippen MR) is 195 cm³/mol. The minimum Gasteiger partial charge on any atom is -0.494 e. The summed E-state index contributed by atoms with van der Waals surface area (Å²) in [6.45, 7) is 10.8. The van der Waals surface area contributed by atoms with E-state index in [0.717, 1.165) is 22.4 Å². The van der Waals surface area contributed by atoms with Crippen LogP contribution in [-0.2, 0) is 18.3 Å². The quantitative estimate of drug-likeness (QED) is 0.0980. The molecule has 3 N–H and O–H groups in total. The highest BCUT2D eigenvalue weighted by molar-refractivity contribution is 6.02. The molecule has 0 spiro atoms. The minimum absolute atomic E-state index is 0.0146. The highest BCUT2D eigenvalue weighted by Crippen LogP contribution is 2.37. The molecule has 0 amide bonds. The molecule has 1 heterocycles. The number of pyridine rings is 1. The van der Waals surface area contributed by atoms with Crippen molar-refractivity contribution in [2.75, 3.05) is 19.8 Å². The van der Waals surface area contributed by atoms with Gasteiger partial charge in [0.25, 0.3) is 0 Å². The summed E-state index contributed by atoms with van der Waals surface area (Å²) >= 11 is 0. The smallest absolute Gasteiger partial charge is 0.180 e.